The largest absolute Gasteiger partial charge is 0.494 e. The van der Waals surface area contributed by atoms with Crippen molar-refractivity contribution in [2.24, 2.45) is 0 Å². The van der Waals surface area contributed by atoms with Gasteiger partial charge in [0.25, 0.3) is 0 Å². The second-order valence-electron chi connectivity index (χ2n) is 5.36. The average Bonchev–Trinajstić information content (AvgIpc) is 2.52. The zero-order valence-electron chi connectivity index (χ0n) is 12.8. The molecule has 0 radical (unpaired) electrons. The van der Waals surface area contributed by atoms with Gasteiger partial charge in [-0.1, -0.05) is 30.3 Å². The van der Waals surface area contributed by atoms with E-state index in [0.29, 0.717) is 18.6 Å². The molecule has 0 bridgehead atoms. The predicted molar refractivity (Wildman–Crippen MR) is 85.3 cm³/mol. The first kappa shape index (κ1) is 16.0. The van der Waals surface area contributed by atoms with Crippen LogP contribution in [0, 0.1) is 24.1 Å². The second kappa shape index (κ2) is 8.19. The Balaban J connectivity index is 1.76. The van der Waals surface area contributed by atoms with Gasteiger partial charge in [0.1, 0.15) is 11.6 Å². The Morgan fingerprint density at radius 2 is 1.95 bits per heavy atom. The summed E-state index contributed by atoms with van der Waals surface area (Å²) in [7, 11) is 0. The summed E-state index contributed by atoms with van der Waals surface area (Å²) in [4.78, 5) is 0. The van der Waals surface area contributed by atoms with Crippen molar-refractivity contribution in [1.29, 1.82) is 5.26 Å². The highest BCUT2D eigenvalue weighted by Crippen LogP contribution is 2.24. The number of nitrogens with zero attached hydrogens (tertiary/aromatic N) is 1. The molecule has 0 spiro atoms. The van der Waals surface area contributed by atoms with Crippen LogP contribution in [0.3, 0.4) is 0 Å². The monoisotopic (exact) mass is 297 g/mol. The maximum Gasteiger partial charge on any atom is 0.127 e. The number of benzene rings is 2. The SMILES string of the molecule is Cc1cccc(OCCCCC(C#N)c2ccccc2F)c1. The summed E-state index contributed by atoms with van der Waals surface area (Å²) in [5.41, 5.74) is 1.66. The fourth-order valence-electron chi connectivity index (χ4n) is 2.39. The van der Waals surface area contributed by atoms with Gasteiger partial charge in [0.05, 0.1) is 18.6 Å². The highest BCUT2D eigenvalue weighted by atomic mass is 19.1. The number of aryl methyl sites for hydroxylation is 1. The minimum Gasteiger partial charge on any atom is -0.494 e. The molecule has 114 valence electrons. The minimum atomic E-state index is -0.389. The van der Waals surface area contributed by atoms with E-state index in [1.165, 1.54) is 11.6 Å². The van der Waals surface area contributed by atoms with Crippen molar-refractivity contribution in [3.63, 3.8) is 0 Å². The number of nitriles is 1. The molecule has 0 amide bonds. The van der Waals surface area contributed by atoms with Crippen molar-refractivity contribution in [3.8, 4) is 11.8 Å². The van der Waals surface area contributed by atoms with Crippen LogP contribution in [0.1, 0.15) is 36.3 Å². The summed E-state index contributed by atoms with van der Waals surface area (Å²) in [5, 5.41) is 9.22. The Bertz CT molecular complexity index is 648. The second-order valence-corrected chi connectivity index (χ2v) is 5.36. The lowest BCUT2D eigenvalue weighted by Crippen LogP contribution is -2.02. The number of hydrogen-bond donors (Lipinski definition) is 0. The first-order valence-electron chi connectivity index (χ1n) is 7.54. The van der Waals surface area contributed by atoms with Crippen LogP contribution in [0.4, 0.5) is 4.39 Å². The number of ether oxygens (including phenoxy) is 1. The van der Waals surface area contributed by atoms with Gasteiger partial charge in [-0.15, -0.1) is 0 Å². The van der Waals surface area contributed by atoms with Gasteiger partial charge in [-0.25, -0.2) is 4.39 Å². The summed E-state index contributed by atoms with van der Waals surface area (Å²) in [6.07, 6.45) is 2.33. The van der Waals surface area contributed by atoms with E-state index in [2.05, 4.69) is 6.07 Å². The van der Waals surface area contributed by atoms with E-state index in [0.717, 1.165) is 18.6 Å². The molecule has 0 aliphatic rings. The highest BCUT2D eigenvalue weighted by Gasteiger charge is 2.14. The molecule has 0 aliphatic carbocycles. The summed E-state index contributed by atoms with van der Waals surface area (Å²) in [5.74, 6) is 0.177. The summed E-state index contributed by atoms with van der Waals surface area (Å²) >= 11 is 0. The van der Waals surface area contributed by atoms with E-state index in [1.807, 2.05) is 31.2 Å². The third-order valence-corrected chi connectivity index (χ3v) is 3.58. The van der Waals surface area contributed by atoms with Gasteiger partial charge >= 0.3 is 0 Å². The smallest absolute Gasteiger partial charge is 0.127 e. The third-order valence-electron chi connectivity index (χ3n) is 3.58. The zero-order chi connectivity index (χ0) is 15.8. The van der Waals surface area contributed by atoms with Gasteiger partial charge in [-0.05, 0) is 49.9 Å². The molecule has 22 heavy (non-hydrogen) atoms. The van der Waals surface area contributed by atoms with Crippen molar-refractivity contribution in [1.82, 2.24) is 0 Å². The quantitative estimate of drug-likeness (QED) is 0.674. The van der Waals surface area contributed by atoms with Crippen LogP contribution in [-0.4, -0.2) is 6.61 Å². The van der Waals surface area contributed by atoms with Crippen LogP contribution in [0.2, 0.25) is 0 Å². The van der Waals surface area contributed by atoms with Gasteiger partial charge in [0, 0.05) is 5.56 Å². The Labute approximate surface area is 131 Å². The topological polar surface area (TPSA) is 33.0 Å². The molecule has 0 heterocycles. The molecular formula is C19H20FNO. The zero-order valence-corrected chi connectivity index (χ0v) is 12.8. The molecule has 2 rings (SSSR count). The molecule has 0 N–H and O–H groups in total. The fourth-order valence-corrected chi connectivity index (χ4v) is 2.39. The van der Waals surface area contributed by atoms with E-state index in [4.69, 9.17) is 4.74 Å². The molecule has 1 unspecified atom stereocenters. The highest BCUT2D eigenvalue weighted by molar-refractivity contribution is 5.27. The normalized spacial score (nSPS) is 11.7. The van der Waals surface area contributed by atoms with Crippen LogP contribution in [0.5, 0.6) is 5.75 Å². The maximum absolute atomic E-state index is 13.7. The Hall–Kier alpha value is -2.34. The number of rotatable bonds is 7. The Kier molecular flexibility index (Phi) is 5.97. The van der Waals surface area contributed by atoms with Gasteiger partial charge in [-0.3, -0.25) is 0 Å². The third kappa shape index (κ3) is 4.60. The van der Waals surface area contributed by atoms with Crippen LogP contribution in [-0.2, 0) is 0 Å². The molecular weight excluding hydrogens is 277 g/mol. The predicted octanol–water partition coefficient (Wildman–Crippen LogP) is 4.99. The van der Waals surface area contributed by atoms with Crippen LogP contribution in [0.15, 0.2) is 48.5 Å². The molecule has 0 saturated heterocycles. The van der Waals surface area contributed by atoms with Crippen molar-refractivity contribution in [2.75, 3.05) is 6.61 Å². The lowest BCUT2D eigenvalue weighted by Gasteiger charge is -2.11. The summed E-state index contributed by atoms with van der Waals surface area (Å²) in [6, 6.07) is 16.6. The van der Waals surface area contributed by atoms with E-state index in [-0.39, 0.29) is 11.7 Å². The van der Waals surface area contributed by atoms with E-state index in [9.17, 15) is 9.65 Å². The van der Waals surface area contributed by atoms with Crippen molar-refractivity contribution >= 4 is 0 Å². The van der Waals surface area contributed by atoms with Crippen molar-refractivity contribution < 1.29 is 9.13 Å². The first-order valence-corrected chi connectivity index (χ1v) is 7.54. The Morgan fingerprint density at radius 3 is 2.68 bits per heavy atom. The van der Waals surface area contributed by atoms with Gasteiger partial charge in [0.2, 0.25) is 0 Å². The first-order chi connectivity index (χ1) is 10.7. The molecule has 3 heteroatoms. The maximum atomic E-state index is 13.7. The minimum absolute atomic E-state index is 0.301. The average molecular weight is 297 g/mol. The fraction of sp³-hybridized carbons (Fsp3) is 0.316. The van der Waals surface area contributed by atoms with Gasteiger partial charge in [0.15, 0.2) is 0 Å². The molecule has 2 nitrogen and oxygen atoms in total. The van der Waals surface area contributed by atoms with E-state index >= 15 is 0 Å². The van der Waals surface area contributed by atoms with Crippen molar-refractivity contribution in [3.05, 3.63) is 65.5 Å². The summed E-state index contributed by atoms with van der Waals surface area (Å²) < 4.78 is 19.4. The van der Waals surface area contributed by atoms with Crippen molar-refractivity contribution in [2.45, 2.75) is 32.1 Å². The van der Waals surface area contributed by atoms with Crippen LogP contribution < -0.4 is 4.74 Å². The Morgan fingerprint density at radius 1 is 1.14 bits per heavy atom. The number of unbranched alkanes of at least 4 members (excludes halogenated alkanes) is 1. The van der Waals surface area contributed by atoms with Gasteiger partial charge < -0.3 is 4.74 Å². The van der Waals surface area contributed by atoms with E-state index < -0.39 is 0 Å². The molecule has 0 fully saturated rings. The standard InChI is InChI=1S/C19H20FNO/c1-15-7-6-9-17(13-15)22-12-5-4-8-16(14-21)18-10-2-3-11-19(18)20/h2-3,6-7,9-11,13,16H,4-5,8,12H2,1H3. The lowest BCUT2D eigenvalue weighted by atomic mass is 9.94. The van der Waals surface area contributed by atoms with Crippen LogP contribution in [0.25, 0.3) is 0 Å². The van der Waals surface area contributed by atoms with E-state index in [1.54, 1.807) is 18.2 Å². The van der Waals surface area contributed by atoms with Crippen LogP contribution >= 0.6 is 0 Å². The molecule has 2 aromatic rings. The molecule has 0 aromatic heterocycles. The number of halogens is 1. The summed E-state index contributed by atoms with van der Waals surface area (Å²) in [6.45, 7) is 2.64. The molecule has 0 saturated carbocycles. The molecule has 2 aromatic carbocycles. The molecule has 1 atom stereocenters. The molecule has 0 aliphatic heterocycles. The van der Waals surface area contributed by atoms with Gasteiger partial charge in [-0.2, -0.15) is 5.26 Å². The number of hydrogen-bond acceptors (Lipinski definition) is 2. The lowest BCUT2D eigenvalue weighted by molar-refractivity contribution is 0.304.